The molecule has 0 aromatic carbocycles. The Hall–Kier alpha value is -0.120. The molecule has 3 heteroatoms. The van der Waals surface area contributed by atoms with Crippen molar-refractivity contribution in [2.75, 3.05) is 39.3 Å². The summed E-state index contributed by atoms with van der Waals surface area (Å²) in [5, 5.41) is 3.58. The van der Waals surface area contributed by atoms with E-state index in [4.69, 9.17) is 0 Å². The first kappa shape index (κ1) is 13.3. The minimum atomic E-state index is 0.341. The van der Waals surface area contributed by atoms with Gasteiger partial charge in [-0.15, -0.1) is 0 Å². The molecule has 0 saturated carbocycles. The van der Waals surface area contributed by atoms with Crippen LogP contribution in [0.3, 0.4) is 0 Å². The van der Waals surface area contributed by atoms with Crippen LogP contribution < -0.4 is 5.32 Å². The molecule has 2 saturated heterocycles. The summed E-state index contributed by atoms with van der Waals surface area (Å²) < 4.78 is 0. The first-order valence-electron chi connectivity index (χ1n) is 7.27. The largest absolute Gasteiger partial charge is 0.315 e. The third-order valence-corrected chi connectivity index (χ3v) is 4.30. The Morgan fingerprint density at radius 2 is 1.71 bits per heavy atom. The van der Waals surface area contributed by atoms with Gasteiger partial charge in [-0.3, -0.25) is 9.80 Å². The lowest BCUT2D eigenvalue weighted by Crippen LogP contribution is -2.56. The predicted octanol–water partition coefficient (Wildman–Crippen LogP) is 1.54. The molecule has 3 nitrogen and oxygen atoms in total. The van der Waals surface area contributed by atoms with Crippen LogP contribution in [0.15, 0.2) is 0 Å². The van der Waals surface area contributed by atoms with Gasteiger partial charge in [0.15, 0.2) is 0 Å². The van der Waals surface area contributed by atoms with Crippen molar-refractivity contribution in [3.05, 3.63) is 0 Å². The summed E-state index contributed by atoms with van der Waals surface area (Å²) in [6, 6.07) is 0.791. The average molecular weight is 239 g/mol. The summed E-state index contributed by atoms with van der Waals surface area (Å²) in [6.45, 7) is 14.4. The van der Waals surface area contributed by atoms with E-state index in [0.29, 0.717) is 5.54 Å². The summed E-state index contributed by atoms with van der Waals surface area (Å²) in [5.41, 5.74) is 0.341. The van der Waals surface area contributed by atoms with E-state index in [1.165, 1.54) is 58.5 Å². The molecule has 1 atom stereocenters. The number of piperazine rings is 1. The van der Waals surface area contributed by atoms with E-state index in [0.717, 1.165) is 6.04 Å². The molecule has 0 bridgehead atoms. The average Bonchev–Trinajstić information content (AvgIpc) is 2.56. The van der Waals surface area contributed by atoms with E-state index in [9.17, 15) is 0 Å². The van der Waals surface area contributed by atoms with E-state index in [1.807, 2.05) is 0 Å². The van der Waals surface area contributed by atoms with Crippen LogP contribution in [0.5, 0.6) is 0 Å². The van der Waals surface area contributed by atoms with Crippen molar-refractivity contribution in [3.8, 4) is 0 Å². The SMILES string of the molecule is CC(C)(C)N1CCN(C2CCCCNC2)CC1. The summed E-state index contributed by atoms with van der Waals surface area (Å²) in [7, 11) is 0. The maximum Gasteiger partial charge on any atom is 0.0221 e. The second-order valence-corrected chi connectivity index (χ2v) is 6.55. The standard InChI is InChI=1S/C14H29N3/c1-14(2,3)17-10-8-16(9-11-17)13-6-4-5-7-15-12-13/h13,15H,4-12H2,1-3H3. The molecule has 100 valence electrons. The van der Waals surface area contributed by atoms with Gasteiger partial charge in [0.05, 0.1) is 0 Å². The van der Waals surface area contributed by atoms with Crippen LogP contribution in [0.2, 0.25) is 0 Å². The molecule has 0 aromatic rings. The Balaban J connectivity index is 1.81. The molecule has 2 aliphatic heterocycles. The topological polar surface area (TPSA) is 18.5 Å². The van der Waals surface area contributed by atoms with Crippen molar-refractivity contribution < 1.29 is 0 Å². The van der Waals surface area contributed by atoms with E-state index in [-0.39, 0.29) is 0 Å². The first-order valence-corrected chi connectivity index (χ1v) is 7.27. The van der Waals surface area contributed by atoms with Crippen molar-refractivity contribution in [2.24, 2.45) is 0 Å². The highest BCUT2D eigenvalue weighted by Gasteiger charge is 2.29. The van der Waals surface area contributed by atoms with Gasteiger partial charge in [-0.2, -0.15) is 0 Å². The summed E-state index contributed by atoms with van der Waals surface area (Å²) in [6.07, 6.45) is 4.15. The van der Waals surface area contributed by atoms with Crippen LogP contribution in [0.4, 0.5) is 0 Å². The fourth-order valence-corrected chi connectivity index (χ4v) is 3.07. The quantitative estimate of drug-likeness (QED) is 0.749. The van der Waals surface area contributed by atoms with Crippen LogP contribution in [0.1, 0.15) is 40.0 Å². The van der Waals surface area contributed by atoms with Gasteiger partial charge in [0, 0.05) is 44.3 Å². The predicted molar refractivity (Wildman–Crippen MR) is 73.4 cm³/mol. The molecule has 2 heterocycles. The van der Waals surface area contributed by atoms with E-state index >= 15 is 0 Å². The molecule has 17 heavy (non-hydrogen) atoms. The molecular formula is C14H29N3. The van der Waals surface area contributed by atoms with Crippen molar-refractivity contribution >= 4 is 0 Å². The van der Waals surface area contributed by atoms with Gasteiger partial charge < -0.3 is 5.32 Å². The molecule has 1 unspecified atom stereocenters. The minimum Gasteiger partial charge on any atom is -0.315 e. The zero-order valence-corrected chi connectivity index (χ0v) is 11.8. The van der Waals surface area contributed by atoms with E-state index < -0.39 is 0 Å². The third kappa shape index (κ3) is 3.67. The highest BCUT2D eigenvalue weighted by Crippen LogP contribution is 2.19. The molecule has 2 aliphatic rings. The number of hydrogen-bond donors (Lipinski definition) is 1. The molecule has 0 spiro atoms. The molecule has 0 aromatic heterocycles. The minimum absolute atomic E-state index is 0.341. The van der Waals surface area contributed by atoms with Gasteiger partial charge >= 0.3 is 0 Å². The van der Waals surface area contributed by atoms with Crippen molar-refractivity contribution in [1.82, 2.24) is 15.1 Å². The fourth-order valence-electron chi connectivity index (χ4n) is 3.07. The molecule has 0 amide bonds. The van der Waals surface area contributed by atoms with Crippen LogP contribution in [-0.2, 0) is 0 Å². The monoisotopic (exact) mass is 239 g/mol. The Kier molecular flexibility index (Phi) is 4.45. The molecule has 0 aliphatic carbocycles. The lowest BCUT2D eigenvalue weighted by molar-refractivity contribution is 0.0410. The third-order valence-electron chi connectivity index (χ3n) is 4.30. The maximum absolute atomic E-state index is 3.58. The number of hydrogen-bond acceptors (Lipinski definition) is 3. The summed E-state index contributed by atoms with van der Waals surface area (Å²) in [4.78, 5) is 5.33. The van der Waals surface area contributed by atoms with Gasteiger partial charge in [0.1, 0.15) is 0 Å². The molecular weight excluding hydrogens is 210 g/mol. The normalized spacial score (nSPS) is 30.2. The Morgan fingerprint density at radius 3 is 2.35 bits per heavy atom. The Labute approximate surface area is 107 Å². The first-order chi connectivity index (χ1) is 8.07. The summed E-state index contributed by atoms with van der Waals surface area (Å²) >= 11 is 0. The van der Waals surface area contributed by atoms with Crippen LogP contribution >= 0.6 is 0 Å². The number of nitrogens with one attached hydrogen (secondary N) is 1. The highest BCUT2D eigenvalue weighted by atomic mass is 15.3. The summed E-state index contributed by atoms with van der Waals surface area (Å²) in [5.74, 6) is 0. The van der Waals surface area contributed by atoms with Gasteiger partial charge in [-0.1, -0.05) is 6.42 Å². The fraction of sp³-hybridized carbons (Fsp3) is 1.00. The second kappa shape index (κ2) is 5.68. The molecule has 2 rings (SSSR count). The Bertz CT molecular complexity index is 218. The van der Waals surface area contributed by atoms with Gasteiger partial charge in [-0.25, -0.2) is 0 Å². The number of rotatable bonds is 1. The highest BCUT2D eigenvalue weighted by molar-refractivity contribution is 4.86. The van der Waals surface area contributed by atoms with E-state index in [1.54, 1.807) is 0 Å². The zero-order valence-electron chi connectivity index (χ0n) is 11.8. The second-order valence-electron chi connectivity index (χ2n) is 6.55. The number of nitrogens with zero attached hydrogens (tertiary/aromatic N) is 2. The van der Waals surface area contributed by atoms with Crippen LogP contribution in [0.25, 0.3) is 0 Å². The Morgan fingerprint density at radius 1 is 1.00 bits per heavy atom. The lowest BCUT2D eigenvalue weighted by Gasteiger charge is -2.44. The van der Waals surface area contributed by atoms with Crippen molar-refractivity contribution in [2.45, 2.75) is 51.6 Å². The zero-order chi connectivity index (χ0) is 12.3. The van der Waals surface area contributed by atoms with Crippen molar-refractivity contribution in [1.29, 1.82) is 0 Å². The van der Waals surface area contributed by atoms with Crippen molar-refractivity contribution in [3.63, 3.8) is 0 Å². The van der Waals surface area contributed by atoms with Crippen LogP contribution in [-0.4, -0.2) is 60.6 Å². The molecule has 0 radical (unpaired) electrons. The van der Waals surface area contributed by atoms with E-state index in [2.05, 4.69) is 35.9 Å². The van der Waals surface area contributed by atoms with Gasteiger partial charge in [-0.05, 0) is 40.2 Å². The molecule has 1 N–H and O–H groups in total. The molecule has 2 fully saturated rings. The van der Waals surface area contributed by atoms with Gasteiger partial charge in [0.2, 0.25) is 0 Å². The lowest BCUT2D eigenvalue weighted by atomic mass is 10.0. The maximum atomic E-state index is 3.58. The smallest absolute Gasteiger partial charge is 0.0221 e. The van der Waals surface area contributed by atoms with Crippen LogP contribution in [0, 0.1) is 0 Å². The van der Waals surface area contributed by atoms with Gasteiger partial charge in [0.25, 0.3) is 0 Å².